The maximum atomic E-state index is 4.92. The van der Waals surface area contributed by atoms with E-state index in [9.17, 15) is 0 Å². The van der Waals surface area contributed by atoms with Crippen molar-refractivity contribution in [3.05, 3.63) is 24.2 Å². The van der Waals surface area contributed by atoms with Crippen molar-refractivity contribution >= 4 is 11.2 Å². The summed E-state index contributed by atoms with van der Waals surface area (Å²) in [6.45, 7) is 4.44. The molecule has 2 aromatic rings. The van der Waals surface area contributed by atoms with Gasteiger partial charge in [-0.1, -0.05) is 6.42 Å². The zero-order valence-corrected chi connectivity index (χ0v) is 13.8. The van der Waals surface area contributed by atoms with Gasteiger partial charge < -0.3 is 15.2 Å². The van der Waals surface area contributed by atoms with E-state index in [0.29, 0.717) is 12.0 Å². The third kappa shape index (κ3) is 3.40. The van der Waals surface area contributed by atoms with Crippen LogP contribution in [0.25, 0.3) is 11.2 Å². The normalized spacial score (nSPS) is 25.7. The molecule has 0 amide bonds. The number of aromatic nitrogens is 3. The van der Waals surface area contributed by atoms with Crippen LogP contribution in [0, 0.1) is 5.92 Å². The summed E-state index contributed by atoms with van der Waals surface area (Å²) in [6, 6.07) is 4.65. The zero-order chi connectivity index (χ0) is 15.5. The minimum atomic E-state index is 0.561. The van der Waals surface area contributed by atoms with Crippen LogP contribution in [0.15, 0.2) is 18.3 Å². The number of piperidine rings is 2. The summed E-state index contributed by atoms with van der Waals surface area (Å²) in [4.78, 5) is 9.53. The lowest BCUT2D eigenvalue weighted by molar-refractivity contribution is 0.345. The number of rotatable bonds is 4. The molecule has 0 aliphatic carbocycles. The quantitative estimate of drug-likeness (QED) is 0.908. The van der Waals surface area contributed by atoms with Gasteiger partial charge in [-0.2, -0.15) is 0 Å². The number of hydrogen-bond acceptors (Lipinski definition) is 4. The third-order valence-corrected chi connectivity index (χ3v) is 5.27. The largest absolute Gasteiger partial charge is 0.316 e. The third-order valence-electron chi connectivity index (χ3n) is 5.27. The van der Waals surface area contributed by atoms with E-state index in [0.717, 1.165) is 37.2 Å². The Labute approximate surface area is 137 Å². The van der Waals surface area contributed by atoms with E-state index in [1.165, 1.54) is 44.5 Å². The van der Waals surface area contributed by atoms with Crippen molar-refractivity contribution in [1.29, 1.82) is 0 Å². The highest BCUT2D eigenvalue weighted by Gasteiger charge is 2.21. The molecule has 0 radical (unpaired) electrons. The van der Waals surface area contributed by atoms with Gasteiger partial charge in [0.05, 0.1) is 0 Å². The first-order valence-electron chi connectivity index (χ1n) is 9.14. The minimum Gasteiger partial charge on any atom is -0.316 e. The highest BCUT2D eigenvalue weighted by molar-refractivity contribution is 5.71. The van der Waals surface area contributed by atoms with Crippen LogP contribution in [-0.4, -0.2) is 40.2 Å². The fourth-order valence-corrected chi connectivity index (χ4v) is 4.01. The molecule has 0 saturated carbocycles. The number of hydrogen-bond donors (Lipinski definition) is 2. The van der Waals surface area contributed by atoms with Gasteiger partial charge in [0.15, 0.2) is 5.65 Å². The van der Waals surface area contributed by atoms with Crippen molar-refractivity contribution in [2.24, 2.45) is 5.92 Å². The van der Waals surface area contributed by atoms with Crippen LogP contribution in [0.4, 0.5) is 0 Å². The number of pyridine rings is 1. The van der Waals surface area contributed by atoms with Gasteiger partial charge in [-0.05, 0) is 63.4 Å². The molecular formula is C18H27N5. The zero-order valence-electron chi connectivity index (χ0n) is 13.8. The van der Waals surface area contributed by atoms with E-state index < -0.39 is 0 Å². The van der Waals surface area contributed by atoms with Gasteiger partial charge in [0.1, 0.15) is 11.3 Å². The van der Waals surface area contributed by atoms with Crippen LogP contribution in [0.1, 0.15) is 37.9 Å². The van der Waals surface area contributed by atoms with Crippen LogP contribution in [0.2, 0.25) is 0 Å². The molecule has 5 heteroatoms. The van der Waals surface area contributed by atoms with Crippen molar-refractivity contribution in [2.75, 3.05) is 19.6 Å². The standard InChI is InChI=1S/C18H27N5/c1-2-9-20-15(6-1)13-23-17(11-14-5-3-8-19-12-14)22-16-7-4-10-21-18(16)23/h4,7,10,14-15,19-20H,1-3,5-6,8-9,11-13H2. The summed E-state index contributed by atoms with van der Waals surface area (Å²) < 4.78 is 2.38. The number of imidazole rings is 1. The SMILES string of the molecule is c1cnc2c(c1)nc(CC1CCCNC1)n2CC1CCCCN1. The van der Waals surface area contributed by atoms with E-state index in [1.54, 1.807) is 0 Å². The van der Waals surface area contributed by atoms with Gasteiger partial charge in [-0.15, -0.1) is 0 Å². The van der Waals surface area contributed by atoms with Crippen LogP contribution in [-0.2, 0) is 13.0 Å². The molecule has 2 aliphatic heterocycles. The summed E-state index contributed by atoms with van der Waals surface area (Å²) >= 11 is 0. The molecule has 0 spiro atoms. The second-order valence-corrected chi connectivity index (χ2v) is 7.05. The topological polar surface area (TPSA) is 54.8 Å². The number of nitrogens with zero attached hydrogens (tertiary/aromatic N) is 3. The lowest BCUT2D eigenvalue weighted by atomic mass is 9.96. The molecule has 2 aromatic heterocycles. The maximum Gasteiger partial charge on any atom is 0.160 e. The number of fused-ring (bicyclic) bond motifs is 1. The van der Waals surface area contributed by atoms with Crippen molar-refractivity contribution in [3.8, 4) is 0 Å². The fourth-order valence-electron chi connectivity index (χ4n) is 4.01. The summed E-state index contributed by atoms with van der Waals surface area (Å²) in [5.41, 5.74) is 2.10. The Morgan fingerprint density at radius 3 is 3.00 bits per heavy atom. The van der Waals surface area contributed by atoms with E-state index in [1.807, 2.05) is 12.3 Å². The molecule has 0 bridgehead atoms. The minimum absolute atomic E-state index is 0.561. The van der Waals surface area contributed by atoms with E-state index in [2.05, 4.69) is 26.3 Å². The van der Waals surface area contributed by atoms with Gasteiger partial charge in [0.2, 0.25) is 0 Å². The lowest BCUT2D eigenvalue weighted by Gasteiger charge is -2.26. The van der Waals surface area contributed by atoms with Gasteiger partial charge in [0.25, 0.3) is 0 Å². The highest BCUT2D eigenvalue weighted by atomic mass is 15.1. The first kappa shape index (κ1) is 15.1. The van der Waals surface area contributed by atoms with Gasteiger partial charge in [-0.25, -0.2) is 9.97 Å². The van der Waals surface area contributed by atoms with Crippen molar-refractivity contribution < 1.29 is 0 Å². The molecule has 2 aliphatic rings. The van der Waals surface area contributed by atoms with Gasteiger partial charge >= 0.3 is 0 Å². The number of nitrogens with one attached hydrogen (secondary N) is 2. The molecule has 2 unspecified atom stereocenters. The molecule has 2 fully saturated rings. The smallest absolute Gasteiger partial charge is 0.160 e. The molecule has 2 saturated heterocycles. The lowest BCUT2D eigenvalue weighted by Crippen LogP contribution is -2.38. The highest BCUT2D eigenvalue weighted by Crippen LogP contribution is 2.21. The van der Waals surface area contributed by atoms with Crippen molar-refractivity contribution in [1.82, 2.24) is 25.2 Å². The average molecular weight is 313 g/mol. The molecule has 2 N–H and O–H groups in total. The van der Waals surface area contributed by atoms with E-state index in [4.69, 9.17) is 4.98 Å². The predicted molar refractivity (Wildman–Crippen MR) is 92.5 cm³/mol. The molecule has 0 aromatic carbocycles. The summed E-state index contributed by atoms with van der Waals surface area (Å²) in [5.74, 6) is 1.93. The second kappa shape index (κ2) is 6.97. The first-order chi connectivity index (χ1) is 11.4. The molecule has 4 rings (SSSR count). The van der Waals surface area contributed by atoms with Crippen molar-refractivity contribution in [3.63, 3.8) is 0 Å². The Morgan fingerprint density at radius 1 is 1.17 bits per heavy atom. The first-order valence-corrected chi connectivity index (χ1v) is 9.14. The van der Waals surface area contributed by atoms with Gasteiger partial charge in [-0.3, -0.25) is 0 Å². The summed E-state index contributed by atoms with van der Waals surface area (Å²) in [7, 11) is 0. The summed E-state index contributed by atoms with van der Waals surface area (Å²) in [6.07, 6.45) is 9.45. The maximum absolute atomic E-state index is 4.92. The second-order valence-electron chi connectivity index (χ2n) is 7.05. The Hall–Kier alpha value is -1.46. The van der Waals surface area contributed by atoms with Gasteiger partial charge in [0, 0.05) is 25.2 Å². The summed E-state index contributed by atoms with van der Waals surface area (Å²) in [5, 5.41) is 7.19. The van der Waals surface area contributed by atoms with Crippen LogP contribution in [0.3, 0.4) is 0 Å². The molecular weight excluding hydrogens is 286 g/mol. The molecule has 124 valence electrons. The Morgan fingerprint density at radius 2 is 2.17 bits per heavy atom. The van der Waals surface area contributed by atoms with Crippen LogP contribution in [0.5, 0.6) is 0 Å². The molecule has 4 heterocycles. The predicted octanol–water partition coefficient (Wildman–Crippen LogP) is 2.12. The fraction of sp³-hybridized carbons (Fsp3) is 0.667. The van der Waals surface area contributed by atoms with Crippen LogP contribution < -0.4 is 10.6 Å². The Kier molecular flexibility index (Phi) is 4.57. The Balaban J connectivity index is 1.60. The average Bonchev–Trinajstić information content (AvgIpc) is 2.94. The Bertz CT molecular complexity index is 638. The monoisotopic (exact) mass is 313 g/mol. The molecule has 2 atom stereocenters. The molecule has 23 heavy (non-hydrogen) atoms. The van der Waals surface area contributed by atoms with Crippen LogP contribution >= 0.6 is 0 Å². The van der Waals surface area contributed by atoms with E-state index >= 15 is 0 Å². The van der Waals surface area contributed by atoms with E-state index in [-0.39, 0.29) is 0 Å². The molecule has 5 nitrogen and oxygen atoms in total. The van der Waals surface area contributed by atoms with Crippen molar-refractivity contribution in [2.45, 2.75) is 51.1 Å².